The van der Waals surface area contributed by atoms with E-state index in [0.29, 0.717) is 11.7 Å². The molecule has 0 saturated heterocycles. The lowest BCUT2D eigenvalue weighted by Gasteiger charge is -2.15. The summed E-state index contributed by atoms with van der Waals surface area (Å²) in [5.74, 6) is 0.939. The first-order chi connectivity index (χ1) is 8.00. The van der Waals surface area contributed by atoms with Crippen LogP contribution in [0, 0.1) is 6.92 Å². The lowest BCUT2D eigenvalue weighted by molar-refractivity contribution is 0.450. The third kappa shape index (κ3) is 2.22. The SMILES string of the molecule is C=C(C)CNC1CC(C)c2c(C)ccc(O)c21. The second-order valence-corrected chi connectivity index (χ2v) is 5.26. The van der Waals surface area contributed by atoms with Crippen molar-refractivity contribution in [2.75, 3.05) is 6.54 Å². The Morgan fingerprint density at radius 2 is 2.18 bits per heavy atom. The van der Waals surface area contributed by atoms with Crippen molar-refractivity contribution in [3.63, 3.8) is 0 Å². The first-order valence-corrected chi connectivity index (χ1v) is 6.20. The van der Waals surface area contributed by atoms with Crippen LogP contribution in [0.5, 0.6) is 5.75 Å². The molecule has 0 aromatic heterocycles. The lowest BCUT2D eigenvalue weighted by atomic mass is 9.97. The minimum Gasteiger partial charge on any atom is -0.508 e. The smallest absolute Gasteiger partial charge is 0.120 e. The van der Waals surface area contributed by atoms with Crippen LogP contribution in [0.2, 0.25) is 0 Å². The van der Waals surface area contributed by atoms with Gasteiger partial charge in [-0.3, -0.25) is 0 Å². The van der Waals surface area contributed by atoms with Crippen LogP contribution >= 0.6 is 0 Å². The maximum absolute atomic E-state index is 10.0. The standard InChI is InChI=1S/C15H21NO/c1-9(2)8-16-12-7-11(4)14-10(3)5-6-13(17)15(12)14/h5-6,11-12,16-17H,1,7-8H2,2-4H3. The molecule has 2 atom stereocenters. The molecule has 0 aliphatic heterocycles. The van der Waals surface area contributed by atoms with Crippen molar-refractivity contribution < 1.29 is 5.11 Å². The van der Waals surface area contributed by atoms with Crippen molar-refractivity contribution in [3.8, 4) is 5.75 Å². The predicted molar refractivity (Wildman–Crippen MR) is 71.4 cm³/mol. The molecular weight excluding hydrogens is 210 g/mol. The highest BCUT2D eigenvalue weighted by Gasteiger charge is 2.31. The van der Waals surface area contributed by atoms with Crippen molar-refractivity contribution in [2.45, 2.75) is 39.2 Å². The van der Waals surface area contributed by atoms with Gasteiger partial charge in [-0.25, -0.2) is 0 Å². The number of benzene rings is 1. The van der Waals surface area contributed by atoms with Crippen molar-refractivity contribution in [2.24, 2.45) is 0 Å². The van der Waals surface area contributed by atoms with E-state index in [0.717, 1.165) is 24.1 Å². The van der Waals surface area contributed by atoms with Crippen LogP contribution in [0.25, 0.3) is 0 Å². The van der Waals surface area contributed by atoms with Gasteiger partial charge >= 0.3 is 0 Å². The molecule has 2 unspecified atom stereocenters. The van der Waals surface area contributed by atoms with Gasteiger partial charge in [0.05, 0.1) is 0 Å². The number of hydrogen-bond donors (Lipinski definition) is 2. The van der Waals surface area contributed by atoms with E-state index in [1.54, 1.807) is 0 Å². The molecule has 92 valence electrons. The van der Waals surface area contributed by atoms with Gasteiger partial charge < -0.3 is 10.4 Å². The third-order valence-electron chi connectivity index (χ3n) is 3.56. The van der Waals surface area contributed by atoms with E-state index in [4.69, 9.17) is 0 Å². The molecule has 1 aromatic carbocycles. The topological polar surface area (TPSA) is 32.3 Å². The van der Waals surface area contributed by atoms with Crippen LogP contribution in [0.15, 0.2) is 24.3 Å². The van der Waals surface area contributed by atoms with Crippen LogP contribution in [0.1, 0.15) is 48.9 Å². The number of rotatable bonds is 3. The number of phenolic OH excluding ortho intramolecular Hbond substituents is 1. The summed E-state index contributed by atoms with van der Waals surface area (Å²) in [5, 5.41) is 13.5. The van der Waals surface area contributed by atoms with Crippen LogP contribution in [-0.4, -0.2) is 11.7 Å². The Kier molecular flexibility index (Phi) is 3.25. The van der Waals surface area contributed by atoms with Crippen molar-refractivity contribution in [1.82, 2.24) is 5.32 Å². The number of fused-ring (bicyclic) bond motifs is 1. The Morgan fingerprint density at radius 3 is 2.82 bits per heavy atom. The second-order valence-electron chi connectivity index (χ2n) is 5.26. The van der Waals surface area contributed by atoms with Gasteiger partial charge in [-0.15, -0.1) is 0 Å². The fourth-order valence-corrected chi connectivity index (χ4v) is 2.83. The summed E-state index contributed by atoms with van der Waals surface area (Å²) >= 11 is 0. The molecular formula is C15H21NO. The van der Waals surface area contributed by atoms with Crippen LogP contribution < -0.4 is 5.32 Å². The first-order valence-electron chi connectivity index (χ1n) is 6.20. The normalized spacial score (nSPS) is 22.5. The Bertz CT molecular complexity index is 450. The molecule has 0 heterocycles. The van der Waals surface area contributed by atoms with Gasteiger partial charge in [0, 0.05) is 18.2 Å². The van der Waals surface area contributed by atoms with E-state index in [9.17, 15) is 5.11 Å². The summed E-state index contributed by atoms with van der Waals surface area (Å²) in [6.45, 7) is 11.1. The molecule has 0 bridgehead atoms. The lowest BCUT2D eigenvalue weighted by Crippen LogP contribution is -2.21. The Morgan fingerprint density at radius 1 is 1.47 bits per heavy atom. The average Bonchev–Trinajstić information content (AvgIpc) is 2.59. The highest BCUT2D eigenvalue weighted by atomic mass is 16.3. The molecule has 2 rings (SSSR count). The molecule has 1 aromatic rings. The molecule has 17 heavy (non-hydrogen) atoms. The monoisotopic (exact) mass is 231 g/mol. The van der Waals surface area contributed by atoms with E-state index in [-0.39, 0.29) is 6.04 Å². The van der Waals surface area contributed by atoms with Gasteiger partial charge in [0.25, 0.3) is 0 Å². The molecule has 0 spiro atoms. The van der Waals surface area contributed by atoms with E-state index < -0.39 is 0 Å². The Labute approximate surface area is 103 Å². The number of hydrogen-bond acceptors (Lipinski definition) is 2. The van der Waals surface area contributed by atoms with Gasteiger partial charge in [0.1, 0.15) is 5.75 Å². The zero-order valence-corrected chi connectivity index (χ0v) is 10.9. The number of phenols is 1. The molecule has 2 heteroatoms. The maximum Gasteiger partial charge on any atom is 0.120 e. The molecule has 2 N–H and O–H groups in total. The Balaban J connectivity index is 2.33. The van der Waals surface area contributed by atoms with Gasteiger partial charge in [-0.1, -0.05) is 25.1 Å². The number of aromatic hydroxyl groups is 1. The summed E-state index contributed by atoms with van der Waals surface area (Å²) in [4.78, 5) is 0. The highest BCUT2D eigenvalue weighted by molar-refractivity contribution is 5.50. The van der Waals surface area contributed by atoms with Gasteiger partial charge in [-0.2, -0.15) is 0 Å². The molecule has 0 radical (unpaired) electrons. The second kappa shape index (κ2) is 4.53. The molecule has 0 amide bonds. The summed E-state index contributed by atoms with van der Waals surface area (Å²) in [6, 6.07) is 4.07. The first kappa shape index (κ1) is 12.2. The minimum absolute atomic E-state index is 0.261. The maximum atomic E-state index is 10.0. The Hall–Kier alpha value is -1.28. The molecule has 0 fully saturated rings. The highest BCUT2D eigenvalue weighted by Crippen LogP contribution is 2.45. The van der Waals surface area contributed by atoms with Crippen molar-refractivity contribution in [3.05, 3.63) is 41.0 Å². The van der Waals surface area contributed by atoms with Crippen LogP contribution in [0.4, 0.5) is 0 Å². The number of aryl methyl sites for hydroxylation is 1. The van der Waals surface area contributed by atoms with E-state index in [2.05, 4.69) is 25.7 Å². The minimum atomic E-state index is 0.261. The van der Waals surface area contributed by atoms with E-state index in [1.165, 1.54) is 11.1 Å². The largest absolute Gasteiger partial charge is 0.508 e. The predicted octanol–water partition coefficient (Wildman–Crippen LogP) is 3.41. The average molecular weight is 231 g/mol. The molecule has 1 aliphatic carbocycles. The summed E-state index contributed by atoms with van der Waals surface area (Å²) < 4.78 is 0. The fraction of sp³-hybridized carbons (Fsp3) is 0.467. The van der Waals surface area contributed by atoms with Crippen molar-refractivity contribution >= 4 is 0 Å². The fourth-order valence-electron chi connectivity index (χ4n) is 2.83. The quantitative estimate of drug-likeness (QED) is 0.781. The summed E-state index contributed by atoms with van der Waals surface area (Å²) in [6.07, 6.45) is 1.06. The summed E-state index contributed by atoms with van der Waals surface area (Å²) in [5.41, 5.74) is 4.83. The van der Waals surface area contributed by atoms with Crippen molar-refractivity contribution in [1.29, 1.82) is 0 Å². The van der Waals surface area contributed by atoms with E-state index in [1.807, 2.05) is 19.1 Å². The molecule has 0 saturated carbocycles. The number of nitrogens with one attached hydrogen (secondary N) is 1. The van der Waals surface area contributed by atoms with Crippen LogP contribution in [0.3, 0.4) is 0 Å². The zero-order chi connectivity index (χ0) is 12.6. The van der Waals surface area contributed by atoms with E-state index >= 15 is 0 Å². The summed E-state index contributed by atoms with van der Waals surface area (Å²) in [7, 11) is 0. The van der Waals surface area contributed by atoms with Crippen LogP contribution in [-0.2, 0) is 0 Å². The third-order valence-corrected chi connectivity index (χ3v) is 3.56. The zero-order valence-electron chi connectivity index (χ0n) is 10.9. The molecule has 1 aliphatic rings. The van der Waals surface area contributed by atoms with Gasteiger partial charge in [-0.05, 0) is 43.4 Å². The van der Waals surface area contributed by atoms with Gasteiger partial charge in [0.15, 0.2) is 0 Å². The molecule has 2 nitrogen and oxygen atoms in total. The van der Waals surface area contributed by atoms with Gasteiger partial charge in [0.2, 0.25) is 0 Å².